The Morgan fingerprint density at radius 3 is 2.76 bits per heavy atom. The van der Waals surface area contributed by atoms with Gasteiger partial charge in [-0.15, -0.1) is 12.4 Å². The molecule has 2 rings (SSSR count). The predicted molar refractivity (Wildman–Crippen MR) is 72.8 cm³/mol. The van der Waals surface area contributed by atoms with Crippen molar-refractivity contribution >= 4 is 24.0 Å². The summed E-state index contributed by atoms with van der Waals surface area (Å²) in [4.78, 5) is 0. The molecule has 1 aromatic rings. The Labute approximate surface area is 113 Å². The number of β-amino-alcohol motifs (C(OH)–C–C–N with tert-alkyl or cyclic N) is 1. The van der Waals surface area contributed by atoms with E-state index in [9.17, 15) is 5.11 Å². The summed E-state index contributed by atoms with van der Waals surface area (Å²) in [5.41, 5.74) is 1.10. The molecule has 5 heteroatoms. The number of halogens is 2. The van der Waals surface area contributed by atoms with Crippen LogP contribution in [0, 0.1) is 5.92 Å². The monoisotopic (exact) mass is 276 g/mol. The van der Waals surface area contributed by atoms with E-state index < -0.39 is 0 Å². The summed E-state index contributed by atoms with van der Waals surface area (Å²) in [6.45, 7) is 3.16. The average molecular weight is 277 g/mol. The van der Waals surface area contributed by atoms with Gasteiger partial charge in [-0.2, -0.15) is 0 Å². The van der Waals surface area contributed by atoms with Gasteiger partial charge in [0.05, 0.1) is 6.10 Å². The van der Waals surface area contributed by atoms with E-state index in [2.05, 4.69) is 10.6 Å². The van der Waals surface area contributed by atoms with E-state index in [4.69, 9.17) is 11.6 Å². The Hall–Kier alpha value is -0.320. The van der Waals surface area contributed by atoms with Gasteiger partial charge in [-0.3, -0.25) is 0 Å². The van der Waals surface area contributed by atoms with Crippen LogP contribution in [-0.4, -0.2) is 30.8 Å². The Kier molecular flexibility index (Phi) is 6.23. The molecule has 2 atom stereocenters. The van der Waals surface area contributed by atoms with E-state index >= 15 is 0 Å². The molecule has 0 saturated carbocycles. The summed E-state index contributed by atoms with van der Waals surface area (Å²) in [6, 6.07) is 7.81. The molecule has 1 heterocycles. The summed E-state index contributed by atoms with van der Waals surface area (Å²) in [5.74, 6) is 0.308. The number of hydrogen-bond donors (Lipinski definition) is 3. The van der Waals surface area contributed by atoms with Gasteiger partial charge < -0.3 is 15.7 Å². The Balaban J connectivity index is 0.00000144. The lowest BCUT2D eigenvalue weighted by molar-refractivity contribution is 0.146. The standard InChI is InChI=1S/C12H17ClN2O.ClH/c13-11-4-2-1-3-9(11)5-14-6-10-7-15-8-12(10)16;/h1-4,10,12,14-16H,5-8H2;1H. The molecule has 0 radical (unpaired) electrons. The van der Waals surface area contributed by atoms with Gasteiger partial charge in [0, 0.05) is 37.1 Å². The predicted octanol–water partition coefficient (Wildman–Crippen LogP) is 1.43. The van der Waals surface area contributed by atoms with E-state index in [1.807, 2.05) is 24.3 Å². The number of nitrogens with one attached hydrogen (secondary N) is 2. The van der Waals surface area contributed by atoms with Crippen LogP contribution in [0.3, 0.4) is 0 Å². The van der Waals surface area contributed by atoms with Crippen LogP contribution in [0.1, 0.15) is 5.56 Å². The molecule has 1 saturated heterocycles. The summed E-state index contributed by atoms with van der Waals surface area (Å²) < 4.78 is 0. The third-order valence-corrected chi connectivity index (χ3v) is 3.35. The first-order valence-electron chi connectivity index (χ1n) is 5.60. The van der Waals surface area contributed by atoms with Crippen LogP contribution >= 0.6 is 24.0 Å². The first kappa shape index (κ1) is 14.7. The Morgan fingerprint density at radius 2 is 2.12 bits per heavy atom. The molecule has 0 aromatic heterocycles. The fraction of sp³-hybridized carbons (Fsp3) is 0.500. The van der Waals surface area contributed by atoms with Crippen molar-refractivity contribution in [1.82, 2.24) is 10.6 Å². The van der Waals surface area contributed by atoms with E-state index in [0.29, 0.717) is 12.5 Å². The second-order valence-electron chi connectivity index (χ2n) is 4.21. The average Bonchev–Trinajstić information content (AvgIpc) is 2.67. The zero-order chi connectivity index (χ0) is 11.4. The van der Waals surface area contributed by atoms with Gasteiger partial charge >= 0.3 is 0 Å². The third kappa shape index (κ3) is 4.12. The second kappa shape index (κ2) is 7.19. The molecular weight excluding hydrogens is 259 g/mol. The van der Waals surface area contributed by atoms with Crippen molar-refractivity contribution < 1.29 is 5.11 Å². The number of aliphatic hydroxyl groups is 1. The van der Waals surface area contributed by atoms with Crippen molar-refractivity contribution in [2.24, 2.45) is 5.92 Å². The third-order valence-electron chi connectivity index (χ3n) is 2.98. The molecule has 1 aliphatic rings. The first-order chi connectivity index (χ1) is 7.77. The van der Waals surface area contributed by atoms with Crippen molar-refractivity contribution in [2.45, 2.75) is 12.6 Å². The quantitative estimate of drug-likeness (QED) is 0.780. The summed E-state index contributed by atoms with van der Waals surface area (Å²) >= 11 is 6.05. The molecule has 0 spiro atoms. The van der Waals surface area contributed by atoms with Crippen molar-refractivity contribution in [2.75, 3.05) is 19.6 Å². The van der Waals surface area contributed by atoms with Gasteiger partial charge in [0.15, 0.2) is 0 Å². The van der Waals surface area contributed by atoms with Gasteiger partial charge in [0.2, 0.25) is 0 Å². The number of hydrogen-bond acceptors (Lipinski definition) is 3. The van der Waals surface area contributed by atoms with E-state index in [1.165, 1.54) is 0 Å². The van der Waals surface area contributed by atoms with Crippen LogP contribution in [0.5, 0.6) is 0 Å². The van der Waals surface area contributed by atoms with Crippen LogP contribution < -0.4 is 10.6 Å². The highest BCUT2D eigenvalue weighted by molar-refractivity contribution is 6.31. The van der Waals surface area contributed by atoms with Gasteiger partial charge in [0.25, 0.3) is 0 Å². The van der Waals surface area contributed by atoms with Crippen LogP contribution in [-0.2, 0) is 6.54 Å². The van der Waals surface area contributed by atoms with Crippen molar-refractivity contribution in [3.63, 3.8) is 0 Å². The van der Waals surface area contributed by atoms with Gasteiger partial charge in [-0.25, -0.2) is 0 Å². The fourth-order valence-electron chi connectivity index (χ4n) is 1.96. The SMILES string of the molecule is Cl.OC1CNCC1CNCc1ccccc1Cl. The molecule has 1 aliphatic heterocycles. The maximum atomic E-state index is 9.61. The largest absolute Gasteiger partial charge is 0.391 e. The highest BCUT2D eigenvalue weighted by atomic mass is 35.5. The maximum absolute atomic E-state index is 9.61. The zero-order valence-corrected chi connectivity index (χ0v) is 11.1. The van der Waals surface area contributed by atoms with Crippen LogP contribution in [0.4, 0.5) is 0 Å². The minimum atomic E-state index is -0.223. The lowest BCUT2D eigenvalue weighted by Gasteiger charge is -2.14. The van der Waals surface area contributed by atoms with Gasteiger partial charge in [-0.05, 0) is 11.6 Å². The van der Waals surface area contributed by atoms with Gasteiger partial charge in [0.1, 0.15) is 0 Å². The van der Waals surface area contributed by atoms with Gasteiger partial charge in [-0.1, -0.05) is 29.8 Å². The summed E-state index contributed by atoms with van der Waals surface area (Å²) in [7, 11) is 0. The van der Waals surface area contributed by atoms with Crippen LogP contribution in [0.15, 0.2) is 24.3 Å². The molecule has 0 bridgehead atoms. The Bertz CT molecular complexity index is 349. The fourth-order valence-corrected chi connectivity index (χ4v) is 2.16. The molecule has 0 amide bonds. The number of aliphatic hydroxyl groups excluding tert-OH is 1. The van der Waals surface area contributed by atoms with Crippen LogP contribution in [0.2, 0.25) is 5.02 Å². The molecule has 1 fully saturated rings. The van der Waals surface area contributed by atoms with Crippen LogP contribution in [0.25, 0.3) is 0 Å². The van der Waals surface area contributed by atoms with Crippen molar-refractivity contribution in [1.29, 1.82) is 0 Å². The van der Waals surface area contributed by atoms with Crippen molar-refractivity contribution in [3.05, 3.63) is 34.9 Å². The molecule has 1 aromatic carbocycles. The molecule has 96 valence electrons. The van der Waals surface area contributed by atoms with E-state index in [-0.39, 0.29) is 18.5 Å². The topological polar surface area (TPSA) is 44.3 Å². The Morgan fingerprint density at radius 1 is 1.35 bits per heavy atom. The van der Waals surface area contributed by atoms with Crippen molar-refractivity contribution in [3.8, 4) is 0 Å². The number of rotatable bonds is 4. The lowest BCUT2D eigenvalue weighted by Crippen LogP contribution is -2.30. The molecule has 3 N–H and O–H groups in total. The minimum absolute atomic E-state index is 0. The highest BCUT2D eigenvalue weighted by Crippen LogP contribution is 2.14. The molecule has 3 nitrogen and oxygen atoms in total. The minimum Gasteiger partial charge on any atom is -0.391 e. The molecule has 2 unspecified atom stereocenters. The number of benzene rings is 1. The lowest BCUT2D eigenvalue weighted by atomic mass is 10.1. The van der Waals surface area contributed by atoms with E-state index in [1.54, 1.807) is 0 Å². The summed E-state index contributed by atoms with van der Waals surface area (Å²) in [5, 5.41) is 16.9. The highest BCUT2D eigenvalue weighted by Gasteiger charge is 2.23. The van der Waals surface area contributed by atoms with E-state index in [0.717, 1.165) is 30.2 Å². The second-order valence-corrected chi connectivity index (χ2v) is 4.62. The maximum Gasteiger partial charge on any atom is 0.0716 e. The molecule has 0 aliphatic carbocycles. The smallest absolute Gasteiger partial charge is 0.0716 e. The molecule has 17 heavy (non-hydrogen) atoms. The first-order valence-corrected chi connectivity index (χ1v) is 5.98. The molecular formula is C12H18Cl2N2O. The zero-order valence-electron chi connectivity index (χ0n) is 9.53. The summed E-state index contributed by atoms with van der Waals surface area (Å²) in [6.07, 6.45) is -0.223. The normalized spacial score (nSPS) is 23.4.